The summed E-state index contributed by atoms with van der Waals surface area (Å²) < 4.78 is 2.10. The Hall–Kier alpha value is -3.08. The molecule has 0 unspecified atom stereocenters. The Labute approximate surface area is 191 Å². The van der Waals surface area contributed by atoms with Crippen LogP contribution in [0.5, 0.6) is 0 Å². The summed E-state index contributed by atoms with van der Waals surface area (Å²) in [6.07, 6.45) is 11.0. The highest BCUT2D eigenvalue weighted by atomic mass is 16.1. The van der Waals surface area contributed by atoms with E-state index in [0.29, 0.717) is 6.04 Å². The first kappa shape index (κ1) is 23.6. The van der Waals surface area contributed by atoms with Gasteiger partial charge in [-0.2, -0.15) is 0 Å². The number of aromatic nitrogens is 1. The van der Waals surface area contributed by atoms with E-state index in [1.807, 2.05) is 25.2 Å². The number of nitrogen functional groups attached to an aromatic ring is 1. The smallest absolute Gasteiger partial charge is 0.207 e. The van der Waals surface area contributed by atoms with Crippen LogP contribution in [0, 0.1) is 12.3 Å². The van der Waals surface area contributed by atoms with Gasteiger partial charge in [-0.25, -0.2) is 0 Å². The van der Waals surface area contributed by atoms with E-state index < -0.39 is 0 Å². The highest BCUT2D eigenvalue weighted by Crippen LogP contribution is 2.21. The number of amidine groups is 1. The van der Waals surface area contributed by atoms with Crippen molar-refractivity contribution in [3.63, 3.8) is 0 Å². The topological polar surface area (TPSA) is 83.9 Å². The van der Waals surface area contributed by atoms with Crippen LogP contribution >= 0.6 is 0 Å². The fourth-order valence-corrected chi connectivity index (χ4v) is 4.52. The minimum absolute atomic E-state index is 0.116. The molecule has 1 heterocycles. The molecule has 1 amide bonds. The van der Waals surface area contributed by atoms with E-state index in [4.69, 9.17) is 11.1 Å². The maximum Gasteiger partial charge on any atom is 0.207 e. The van der Waals surface area contributed by atoms with E-state index in [9.17, 15) is 4.79 Å². The van der Waals surface area contributed by atoms with Crippen LogP contribution in [0.15, 0.2) is 48.5 Å². The second-order valence-corrected chi connectivity index (χ2v) is 8.77. The summed E-state index contributed by atoms with van der Waals surface area (Å²) >= 11 is 0. The van der Waals surface area contributed by atoms with Crippen molar-refractivity contribution in [3.05, 3.63) is 70.9 Å². The summed E-state index contributed by atoms with van der Waals surface area (Å²) in [6, 6.07) is 17.2. The number of nitrogens with zero attached hydrogens (tertiary/aromatic N) is 1. The maximum atomic E-state index is 9.96. The van der Waals surface area contributed by atoms with E-state index in [-0.39, 0.29) is 5.84 Å². The first-order chi connectivity index (χ1) is 15.5. The monoisotopic (exact) mass is 432 g/mol. The van der Waals surface area contributed by atoms with Gasteiger partial charge in [0.15, 0.2) is 0 Å². The van der Waals surface area contributed by atoms with Crippen molar-refractivity contribution in [2.45, 2.75) is 64.3 Å². The van der Waals surface area contributed by atoms with Crippen LogP contribution in [0.4, 0.5) is 0 Å². The third-order valence-electron chi connectivity index (χ3n) is 6.52. The summed E-state index contributed by atoms with van der Waals surface area (Å²) in [6.45, 7) is 2.06. The lowest BCUT2D eigenvalue weighted by Gasteiger charge is -2.19. The third-order valence-corrected chi connectivity index (χ3v) is 6.52. The molecule has 0 spiro atoms. The second kappa shape index (κ2) is 11.5. The Morgan fingerprint density at radius 2 is 1.69 bits per heavy atom. The second-order valence-electron chi connectivity index (χ2n) is 8.77. The van der Waals surface area contributed by atoms with Gasteiger partial charge in [0, 0.05) is 29.9 Å². The van der Waals surface area contributed by atoms with Crippen molar-refractivity contribution < 1.29 is 4.79 Å². The molecule has 0 saturated heterocycles. The first-order valence-electron chi connectivity index (χ1n) is 11.7. The fourth-order valence-electron chi connectivity index (χ4n) is 4.52. The molecular formula is C27H36N4O. The summed E-state index contributed by atoms with van der Waals surface area (Å²) in [5.74, 6) is 0.116. The number of hydrogen-bond acceptors (Lipinski definition) is 2. The fraction of sp³-hybridized carbons (Fsp3) is 0.407. The lowest BCUT2D eigenvalue weighted by molar-refractivity contribution is -0.110. The van der Waals surface area contributed by atoms with Crippen molar-refractivity contribution in [1.29, 1.82) is 5.41 Å². The van der Waals surface area contributed by atoms with Gasteiger partial charge in [-0.3, -0.25) is 10.2 Å². The number of aryl methyl sites for hydroxylation is 4. The molecule has 0 aliphatic heterocycles. The zero-order valence-corrected chi connectivity index (χ0v) is 19.4. The average molecular weight is 433 g/mol. The van der Waals surface area contributed by atoms with Crippen LogP contribution in [0.25, 0.3) is 10.9 Å². The van der Waals surface area contributed by atoms with Crippen molar-refractivity contribution >= 4 is 23.1 Å². The van der Waals surface area contributed by atoms with Gasteiger partial charge in [0.1, 0.15) is 5.84 Å². The van der Waals surface area contributed by atoms with E-state index in [0.717, 1.165) is 17.5 Å². The quantitative estimate of drug-likeness (QED) is 0.309. The predicted octanol–water partition coefficient (Wildman–Crippen LogP) is 5.01. The molecule has 1 fully saturated rings. The Bertz CT molecular complexity index is 1020. The van der Waals surface area contributed by atoms with Crippen molar-refractivity contribution in [2.24, 2.45) is 12.8 Å². The predicted molar refractivity (Wildman–Crippen MR) is 133 cm³/mol. The highest BCUT2D eigenvalue weighted by molar-refractivity contribution is 5.98. The normalized spacial score (nSPS) is 15.1. The lowest BCUT2D eigenvalue weighted by atomic mass is 9.96. The molecule has 2 aromatic carbocycles. The van der Waals surface area contributed by atoms with Gasteiger partial charge < -0.3 is 15.6 Å². The number of rotatable bonds is 3. The third kappa shape index (κ3) is 6.22. The molecule has 5 heteroatoms. The largest absolute Gasteiger partial charge is 0.384 e. The van der Waals surface area contributed by atoms with Crippen LogP contribution in [0.3, 0.4) is 0 Å². The molecule has 2 aliphatic carbocycles. The van der Waals surface area contributed by atoms with Crippen LogP contribution in [0.1, 0.15) is 60.9 Å². The SMILES string of the molecule is Cc1cc2ccc(C(=N)N)cc2n1C.O=CNC1CCCCC1.c1ccc2c(c1)CCC2. The van der Waals surface area contributed by atoms with Crippen molar-refractivity contribution in [1.82, 2.24) is 9.88 Å². The number of benzene rings is 2. The average Bonchev–Trinajstić information content (AvgIpc) is 3.40. The summed E-state index contributed by atoms with van der Waals surface area (Å²) in [4.78, 5) is 9.96. The molecule has 2 aliphatic rings. The number of carbonyl (C=O) groups is 1. The molecule has 1 aromatic heterocycles. The molecule has 0 bridgehead atoms. The lowest BCUT2D eigenvalue weighted by Crippen LogP contribution is -2.29. The van der Waals surface area contributed by atoms with Gasteiger partial charge in [-0.1, -0.05) is 55.7 Å². The van der Waals surface area contributed by atoms with Gasteiger partial charge >= 0.3 is 0 Å². The van der Waals surface area contributed by atoms with E-state index in [1.165, 1.54) is 62.4 Å². The molecule has 0 radical (unpaired) electrons. The van der Waals surface area contributed by atoms with Crippen LogP contribution in [0.2, 0.25) is 0 Å². The molecule has 1 saturated carbocycles. The number of hydrogen-bond donors (Lipinski definition) is 3. The van der Waals surface area contributed by atoms with Crippen LogP contribution in [-0.4, -0.2) is 22.9 Å². The Morgan fingerprint density at radius 3 is 2.28 bits per heavy atom. The van der Waals surface area contributed by atoms with Crippen LogP contribution in [-0.2, 0) is 24.7 Å². The number of fused-ring (bicyclic) bond motifs is 2. The molecule has 3 aromatic rings. The minimum Gasteiger partial charge on any atom is -0.384 e. The van der Waals surface area contributed by atoms with Gasteiger partial charge in [-0.15, -0.1) is 0 Å². The Kier molecular flexibility index (Phi) is 8.48. The Morgan fingerprint density at radius 1 is 1.03 bits per heavy atom. The standard InChI is InChI=1S/C11H13N3.C9H10.C7H13NO/c1-7-5-8-3-4-9(11(12)13)6-10(8)14(7)2;1-2-5-9-7-3-6-8(9)4-1;9-6-8-7-4-2-1-3-5-7/h3-6H,1-2H3,(H3,12,13);1-2,4-5H,3,6-7H2;6-7H,1-5H2,(H,8,9). The number of nitrogens with two attached hydrogens (primary N) is 1. The molecule has 0 atom stereocenters. The Balaban J connectivity index is 0.000000141. The van der Waals surface area contributed by atoms with E-state index in [2.05, 4.69) is 47.1 Å². The van der Waals surface area contributed by atoms with Gasteiger partial charge in [0.05, 0.1) is 0 Å². The molecule has 32 heavy (non-hydrogen) atoms. The zero-order chi connectivity index (χ0) is 22.9. The first-order valence-corrected chi connectivity index (χ1v) is 11.7. The summed E-state index contributed by atoms with van der Waals surface area (Å²) in [5, 5.41) is 11.4. The summed E-state index contributed by atoms with van der Waals surface area (Å²) in [5.41, 5.74) is 11.7. The number of carbonyl (C=O) groups excluding carboxylic acids is 1. The number of nitrogens with one attached hydrogen (secondary N) is 2. The molecule has 4 N–H and O–H groups in total. The highest BCUT2D eigenvalue weighted by Gasteiger charge is 2.10. The minimum atomic E-state index is 0.116. The van der Waals surface area contributed by atoms with Crippen molar-refractivity contribution in [3.8, 4) is 0 Å². The number of amides is 1. The van der Waals surface area contributed by atoms with E-state index in [1.54, 1.807) is 11.1 Å². The van der Waals surface area contributed by atoms with Gasteiger partial charge in [0.25, 0.3) is 0 Å². The molecule has 5 rings (SSSR count). The van der Waals surface area contributed by atoms with Crippen LogP contribution < -0.4 is 11.1 Å². The van der Waals surface area contributed by atoms with Gasteiger partial charge in [-0.05, 0) is 67.7 Å². The molecular weight excluding hydrogens is 396 g/mol. The maximum absolute atomic E-state index is 9.96. The van der Waals surface area contributed by atoms with Gasteiger partial charge in [0.2, 0.25) is 6.41 Å². The zero-order valence-electron chi connectivity index (χ0n) is 19.4. The van der Waals surface area contributed by atoms with Crippen molar-refractivity contribution in [2.75, 3.05) is 0 Å². The van der Waals surface area contributed by atoms with E-state index >= 15 is 0 Å². The molecule has 5 nitrogen and oxygen atoms in total. The molecule has 170 valence electrons. The summed E-state index contributed by atoms with van der Waals surface area (Å²) in [7, 11) is 2.02.